The maximum atomic E-state index is 13.6. The van der Waals surface area contributed by atoms with E-state index < -0.39 is 6.04 Å². The second kappa shape index (κ2) is 9.68. The number of amides is 2. The van der Waals surface area contributed by atoms with E-state index in [9.17, 15) is 18.4 Å². The molecule has 5 nitrogen and oxygen atoms in total. The molecule has 3 aromatic rings. The molecule has 1 unspecified atom stereocenters. The van der Waals surface area contributed by atoms with E-state index in [1.54, 1.807) is 36.4 Å². The number of nitrogens with zero attached hydrogens (tertiary/aromatic N) is 3. The smallest absolute Gasteiger partial charge is 0.251 e. The lowest BCUT2D eigenvalue weighted by atomic mass is 9.96. The number of hydrogen-bond donors (Lipinski definition) is 0. The highest BCUT2D eigenvalue weighted by Crippen LogP contribution is 2.32. The van der Waals surface area contributed by atoms with E-state index in [1.165, 1.54) is 29.2 Å². The van der Waals surface area contributed by atoms with Gasteiger partial charge in [-0.3, -0.25) is 19.4 Å². The summed E-state index contributed by atoms with van der Waals surface area (Å²) in [4.78, 5) is 31.6. The summed E-state index contributed by atoms with van der Waals surface area (Å²) in [5.41, 5.74) is 3.52. The Morgan fingerprint density at radius 2 is 1.26 bits per heavy atom. The predicted molar refractivity (Wildman–Crippen MR) is 130 cm³/mol. The first-order chi connectivity index (χ1) is 16.9. The quantitative estimate of drug-likeness (QED) is 0.516. The monoisotopic (exact) mass is 475 g/mol. The van der Waals surface area contributed by atoms with Crippen LogP contribution in [-0.2, 0) is 9.59 Å². The number of halogens is 2. The van der Waals surface area contributed by atoms with Crippen LogP contribution in [0.25, 0.3) is 0 Å². The van der Waals surface area contributed by atoms with Crippen molar-refractivity contribution in [3.63, 3.8) is 0 Å². The number of carbonyl (C=O) groups is 2. The summed E-state index contributed by atoms with van der Waals surface area (Å²) < 4.78 is 27.2. The molecule has 0 bridgehead atoms. The average molecular weight is 476 g/mol. The second-order valence-electron chi connectivity index (χ2n) is 9.20. The first kappa shape index (κ1) is 23.3. The minimum absolute atomic E-state index is 0.164. The van der Waals surface area contributed by atoms with Gasteiger partial charge >= 0.3 is 0 Å². The van der Waals surface area contributed by atoms with Crippen LogP contribution in [0.15, 0.2) is 72.8 Å². The van der Waals surface area contributed by atoms with Crippen molar-refractivity contribution in [2.24, 2.45) is 0 Å². The number of rotatable bonds is 5. The van der Waals surface area contributed by atoms with Crippen LogP contribution in [0, 0.1) is 18.6 Å². The van der Waals surface area contributed by atoms with Gasteiger partial charge in [-0.25, -0.2) is 13.7 Å². The van der Waals surface area contributed by atoms with Gasteiger partial charge in [0.25, 0.3) is 5.91 Å². The van der Waals surface area contributed by atoms with Crippen molar-refractivity contribution in [3.05, 3.63) is 101 Å². The minimum Gasteiger partial charge on any atom is -0.290 e. The second-order valence-corrected chi connectivity index (χ2v) is 9.20. The first-order valence-electron chi connectivity index (χ1n) is 11.8. The molecule has 2 heterocycles. The van der Waals surface area contributed by atoms with Crippen molar-refractivity contribution in [3.8, 4) is 0 Å². The number of anilines is 1. The molecule has 0 aromatic heterocycles. The Kier molecular flexibility index (Phi) is 6.45. The Morgan fingerprint density at radius 1 is 0.743 bits per heavy atom. The van der Waals surface area contributed by atoms with Crippen molar-refractivity contribution in [2.75, 3.05) is 31.1 Å². The molecule has 2 amide bonds. The largest absolute Gasteiger partial charge is 0.290 e. The summed E-state index contributed by atoms with van der Waals surface area (Å²) in [5.74, 6) is -0.972. The maximum Gasteiger partial charge on any atom is 0.251 e. The molecule has 180 valence electrons. The van der Waals surface area contributed by atoms with Gasteiger partial charge in [-0.15, -0.1) is 0 Å². The Balaban J connectivity index is 1.32. The normalized spacial score (nSPS) is 19.7. The van der Waals surface area contributed by atoms with Gasteiger partial charge in [-0.2, -0.15) is 0 Å². The molecule has 2 saturated heterocycles. The SMILES string of the molecule is Cc1ccc(N2C(=O)CC(N3CCN(C(c4ccc(F)cc4)c4ccc(F)cc4)CC3)C2=O)cc1. The van der Waals surface area contributed by atoms with Crippen molar-refractivity contribution in [1.29, 1.82) is 0 Å². The zero-order valence-corrected chi connectivity index (χ0v) is 19.5. The van der Waals surface area contributed by atoms with Gasteiger partial charge < -0.3 is 0 Å². The summed E-state index contributed by atoms with van der Waals surface area (Å²) >= 11 is 0. The molecule has 0 aliphatic carbocycles. The molecule has 0 radical (unpaired) electrons. The van der Waals surface area contributed by atoms with E-state index in [0.29, 0.717) is 31.9 Å². The Morgan fingerprint density at radius 3 is 1.77 bits per heavy atom. The molecule has 0 N–H and O–H groups in total. The fraction of sp³-hybridized carbons (Fsp3) is 0.286. The van der Waals surface area contributed by atoms with Crippen LogP contribution < -0.4 is 4.90 Å². The fourth-order valence-corrected chi connectivity index (χ4v) is 5.08. The lowest BCUT2D eigenvalue weighted by Crippen LogP contribution is -2.53. The maximum absolute atomic E-state index is 13.6. The molecule has 5 rings (SSSR count). The van der Waals surface area contributed by atoms with Crippen molar-refractivity contribution >= 4 is 17.5 Å². The molecule has 7 heteroatoms. The number of hydrogen-bond acceptors (Lipinski definition) is 4. The molecule has 2 aliphatic heterocycles. The standard InChI is InChI=1S/C28H27F2N3O2/c1-19-2-12-24(13-3-19)33-26(34)18-25(28(33)35)31-14-16-32(17-15-31)27(20-4-8-22(29)9-5-20)21-6-10-23(30)11-7-21/h2-13,25,27H,14-18H2,1H3. The van der Waals surface area contributed by atoms with Crippen LogP contribution >= 0.6 is 0 Å². The van der Waals surface area contributed by atoms with E-state index >= 15 is 0 Å². The molecule has 0 spiro atoms. The van der Waals surface area contributed by atoms with E-state index in [1.807, 2.05) is 19.1 Å². The van der Waals surface area contributed by atoms with Crippen LogP contribution in [0.1, 0.15) is 29.2 Å². The minimum atomic E-state index is -0.471. The molecule has 2 aliphatic rings. The molecular formula is C28H27F2N3O2. The number of carbonyl (C=O) groups excluding carboxylic acids is 2. The third-order valence-corrected chi connectivity index (χ3v) is 6.94. The van der Waals surface area contributed by atoms with Crippen LogP contribution in [0.3, 0.4) is 0 Å². The third-order valence-electron chi connectivity index (χ3n) is 6.94. The average Bonchev–Trinajstić information content (AvgIpc) is 3.16. The van der Waals surface area contributed by atoms with E-state index in [0.717, 1.165) is 16.7 Å². The van der Waals surface area contributed by atoms with E-state index in [4.69, 9.17) is 0 Å². The Bertz CT molecular complexity index is 1160. The van der Waals surface area contributed by atoms with Crippen molar-refractivity contribution in [1.82, 2.24) is 9.80 Å². The topological polar surface area (TPSA) is 43.9 Å². The highest BCUT2D eigenvalue weighted by atomic mass is 19.1. The highest BCUT2D eigenvalue weighted by molar-refractivity contribution is 6.22. The zero-order chi connectivity index (χ0) is 24.5. The Labute approximate surface area is 203 Å². The van der Waals surface area contributed by atoms with Crippen LogP contribution in [0.2, 0.25) is 0 Å². The fourth-order valence-electron chi connectivity index (χ4n) is 5.08. The lowest BCUT2D eigenvalue weighted by molar-refractivity contribution is -0.123. The molecular weight excluding hydrogens is 448 g/mol. The molecule has 2 fully saturated rings. The van der Waals surface area contributed by atoms with Gasteiger partial charge in [0.2, 0.25) is 5.91 Å². The molecule has 3 aromatic carbocycles. The van der Waals surface area contributed by atoms with Gasteiger partial charge in [0, 0.05) is 26.2 Å². The van der Waals surface area contributed by atoms with Gasteiger partial charge in [-0.05, 0) is 54.4 Å². The van der Waals surface area contributed by atoms with Gasteiger partial charge in [0.1, 0.15) is 11.6 Å². The van der Waals surface area contributed by atoms with Crippen LogP contribution in [0.5, 0.6) is 0 Å². The summed E-state index contributed by atoms with van der Waals surface area (Å²) in [6.07, 6.45) is 0.173. The van der Waals surface area contributed by atoms with Gasteiger partial charge in [-0.1, -0.05) is 42.0 Å². The summed E-state index contributed by atoms with van der Waals surface area (Å²) in [6, 6.07) is 19.5. The van der Waals surface area contributed by atoms with E-state index in [-0.39, 0.29) is 35.9 Å². The predicted octanol–water partition coefficient (Wildman–Crippen LogP) is 4.31. The van der Waals surface area contributed by atoms with Gasteiger partial charge in [0.15, 0.2) is 0 Å². The number of benzene rings is 3. The van der Waals surface area contributed by atoms with Crippen molar-refractivity contribution < 1.29 is 18.4 Å². The zero-order valence-electron chi connectivity index (χ0n) is 19.5. The summed E-state index contributed by atoms with van der Waals surface area (Å²) in [5, 5.41) is 0. The Hall–Kier alpha value is -3.42. The molecule has 0 saturated carbocycles. The van der Waals surface area contributed by atoms with Gasteiger partial charge in [0.05, 0.1) is 24.2 Å². The van der Waals surface area contributed by atoms with Crippen LogP contribution in [-0.4, -0.2) is 53.8 Å². The summed E-state index contributed by atoms with van der Waals surface area (Å²) in [7, 11) is 0. The highest BCUT2D eigenvalue weighted by Gasteiger charge is 2.43. The van der Waals surface area contributed by atoms with Crippen molar-refractivity contribution in [2.45, 2.75) is 25.4 Å². The lowest BCUT2D eigenvalue weighted by Gasteiger charge is -2.41. The van der Waals surface area contributed by atoms with E-state index in [2.05, 4.69) is 9.80 Å². The number of aryl methyl sites for hydroxylation is 1. The summed E-state index contributed by atoms with van der Waals surface area (Å²) in [6.45, 7) is 4.50. The number of piperazine rings is 1. The first-order valence-corrected chi connectivity index (χ1v) is 11.8. The third kappa shape index (κ3) is 4.74. The molecule has 35 heavy (non-hydrogen) atoms. The molecule has 1 atom stereocenters. The number of imide groups is 1. The van der Waals surface area contributed by atoms with Crippen LogP contribution in [0.4, 0.5) is 14.5 Å².